The Morgan fingerprint density at radius 3 is 2.12 bits per heavy atom. The molecule has 2 nitrogen and oxygen atoms in total. The Balaban J connectivity index is 2.10. The summed E-state index contributed by atoms with van der Waals surface area (Å²) in [7, 11) is 0. The van der Waals surface area contributed by atoms with Crippen LogP contribution in [0, 0.1) is 0 Å². The van der Waals surface area contributed by atoms with Crippen LogP contribution in [0.3, 0.4) is 0 Å². The van der Waals surface area contributed by atoms with Gasteiger partial charge in [0.25, 0.3) is 0 Å². The summed E-state index contributed by atoms with van der Waals surface area (Å²) in [5.74, 6) is 0. The molecule has 1 heterocycles. The molecule has 1 N–H and O–H groups in total. The highest BCUT2D eigenvalue weighted by Crippen LogP contribution is 2.56. The van der Waals surface area contributed by atoms with Gasteiger partial charge in [-0.1, -0.05) is 42.5 Å². The van der Waals surface area contributed by atoms with Gasteiger partial charge in [-0.25, -0.2) is 0 Å². The minimum atomic E-state index is -4.81. The van der Waals surface area contributed by atoms with Crippen molar-refractivity contribution in [2.45, 2.75) is 11.8 Å². The first-order valence-corrected chi connectivity index (χ1v) is 7.37. The maximum absolute atomic E-state index is 13.8. The Morgan fingerprint density at radius 2 is 1.42 bits per heavy atom. The largest absolute Gasteiger partial charge is 0.425 e. The van der Waals surface area contributed by atoms with Crippen molar-refractivity contribution < 1.29 is 18.3 Å². The van der Waals surface area contributed by atoms with E-state index in [1.165, 1.54) is 24.3 Å². The van der Waals surface area contributed by atoms with E-state index >= 15 is 0 Å². The molecule has 1 aromatic heterocycles. The molecule has 1 aliphatic carbocycles. The van der Waals surface area contributed by atoms with E-state index in [4.69, 9.17) is 0 Å². The van der Waals surface area contributed by atoms with Crippen LogP contribution in [0.15, 0.2) is 67.0 Å². The van der Waals surface area contributed by atoms with Crippen molar-refractivity contribution >= 4 is 0 Å². The van der Waals surface area contributed by atoms with Gasteiger partial charge < -0.3 is 5.11 Å². The minimum absolute atomic E-state index is 0.131. The average Bonchev–Trinajstić information content (AvgIpc) is 2.87. The van der Waals surface area contributed by atoms with Crippen molar-refractivity contribution in [2.75, 3.05) is 0 Å². The number of hydrogen-bond acceptors (Lipinski definition) is 2. The summed E-state index contributed by atoms with van der Waals surface area (Å²) in [4.78, 5) is 3.95. The van der Waals surface area contributed by atoms with E-state index in [2.05, 4.69) is 4.98 Å². The van der Waals surface area contributed by atoms with Gasteiger partial charge in [-0.3, -0.25) is 4.98 Å². The second-order valence-electron chi connectivity index (χ2n) is 5.72. The van der Waals surface area contributed by atoms with Crippen LogP contribution in [0.2, 0.25) is 0 Å². The molecule has 0 aliphatic heterocycles. The van der Waals surface area contributed by atoms with E-state index in [0.29, 0.717) is 16.7 Å². The van der Waals surface area contributed by atoms with Crippen LogP contribution in [0.4, 0.5) is 13.2 Å². The zero-order chi connectivity index (χ0) is 16.9. The van der Waals surface area contributed by atoms with E-state index in [0.717, 1.165) is 5.56 Å². The molecule has 2 aromatic carbocycles. The molecule has 120 valence electrons. The molecule has 0 bridgehead atoms. The molecule has 1 aliphatic rings. The molecule has 0 saturated carbocycles. The van der Waals surface area contributed by atoms with E-state index < -0.39 is 11.8 Å². The van der Waals surface area contributed by atoms with Crippen LogP contribution in [-0.4, -0.2) is 16.3 Å². The summed E-state index contributed by atoms with van der Waals surface area (Å²) < 4.78 is 41.3. The number of alkyl halides is 3. The topological polar surface area (TPSA) is 33.1 Å². The number of aliphatic hydroxyl groups is 1. The van der Waals surface area contributed by atoms with Crippen LogP contribution in [0.1, 0.15) is 11.1 Å². The summed E-state index contributed by atoms with van der Waals surface area (Å²) in [6.07, 6.45) is -1.64. The maximum atomic E-state index is 13.8. The summed E-state index contributed by atoms with van der Waals surface area (Å²) >= 11 is 0. The number of rotatable bonds is 1. The van der Waals surface area contributed by atoms with E-state index in [9.17, 15) is 18.3 Å². The molecule has 1 atom stereocenters. The van der Waals surface area contributed by atoms with Crippen molar-refractivity contribution in [3.05, 3.63) is 78.1 Å². The zero-order valence-electron chi connectivity index (χ0n) is 12.4. The van der Waals surface area contributed by atoms with Crippen LogP contribution < -0.4 is 0 Å². The first-order valence-electron chi connectivity index (χ1n) is 7.37. The molecule has 1 unspecified atom stereocenters. The van der Waals surface area contributed by atoms with Crippen molar-refractivity contribution in [3.8, 4) is 22.3 Å². The van der Waals surface area contributed by atoms with Crippen LogP contribution in [0.25, 0.3) is 22.3 Å². The fraction of sp³-hybridized carbons (Fsp3) is 0.105. The number of hydrogen-bond donors (Lipinski definition) is 1. The Hall–Kier alpha value is -2.66. The highest BCUT2D eigenvalue weighted by molar-refractivity contribution is 5.92. The summed E-state index contributed by atoms with van der Waals surface area (Å²) in [5, 5.41) is 10.7. The molecule has 0 saturated heterocycles. The van der Waals surface area contributed by atoms with E-state index in [1.54, 1.807) is 42.7 Å². The third-order valence-electron chi connectivity index (χ3n) is 4.44. The number of pyridine rings is 1. The normalized spacial score (nSPS) is 19.0. The van der Waals surface area contributed by atoms with Gasteiger partial charge in [-0.05, 0) is 34.4 Å². The molecule has 0 fully saturated rings. The van der Waals surface area contributed by atoms with Gasteiger partial charge >= 0.3 is 6.18 Å². The first kappa shape index (κ1) is 14.9. The third kappa shape index (κ3) is 1.85. The minimum Gasteiger partial charge on any atom is -0.372 e. The fourth-order valence-corrected chi connectivity index (χ4v) is 3.38. The second kappa shape index (κ2) is 4.92. The van der Waals surface area contributed by atoms with Gasteiger partial charge in [0.15, 0.2) is 0 Å². The molecule has 4 rings (SSSR count). The lowest BCUT2D eigenvalue weighted by Gasteiger charge is -2.28. The van der Waals surface area contributed by atoms with Gasteiger partial charge in [0.2, 0.25) is 5.60 Å². The average molecular weight is 327 g/mol. The van der Waals surface area contributed by atoms with Crippen LogP contribution >= 0.6 is 0 Å². The molecule has 0 amide bonds. The lowest BCUT2D eigenvalue weighted by atomic mass is 9.89. The van der Waals surface area contributed by atoms with Gasteiger partial charge in [-0.15, -0.1) is 0 Å². The van der Waals surface area contributed by atoms with Crippen molar-refractivity contribution in [2.24, 2.45) is 0 Å². The summed E-state index contributed by atoms with van der Waals surface area (Å²) in [6, 6.07) is 14.2. The third-order valence-corrected chi connectivity index (χ3v) is 4.44. The SMILES string of the molecule is OC1(C(F)(F)F)c2ccccc2-c2c(-c3ccncc3)cccc21. The number of halogens is 3. The quantitative estimate of drug-likeness (QED) is 0.712. The summed E-state index contributed by atoms with van der Waals surface area (Å²) in [6.45, 7) is 0. The van der Waals surface area contributed by atoms with Crippen molar-refractivity contribution in [3.63, 3.8) is 0 Å². The van der Waals surface area contributed by atoms with Crippen molar-refractivity contribution in [1.29, 1.82) is 0 Å². The van der Waals surface area contributed by atoms with Crippen LogP contribution in [-0.2, 0) is 5.60 Å². The predicted octanol–water partition coefficient (Wildman–Crippen LogP) is 4.53. The van der Waals surface area contributed by atoms with Crippen LogP contribution in [0.5, 0.6) is 0 Å². The lowest BCUT2D eigenvalue weighted by Crippen LogP contribution is -2.41. The molecule has 24 heavy (non-hydrogen) atoms. The predicted molar refractivity (Wildman–Crippen MR) is 84.2 cm³/mol. The monoisotopic (exact) mass is 327 g/mol. The smallest absolute Gasteiger partial charge is 0.372 e. The Bertz CT molecular complexity index is 921. The molecule has 0 spiro atoms. The second-order valence-corrected chi connectivity index (χ2v) is 5.72. The lowest BCUT2D eigenvalue weighted by molar-refractivity contribution is -0.246. The van der Waals surface area contributed by atoms with E-state index in [-0.39, 0.29) is 11.1 Å². The molecule has 3 aromatic rings. The van der Waals surface area contributed by atoms with E-state index in [1.807, 2.05) is 0 Å². The Labute approximate surface area is 136 Å². The van der Waals surface area contributed by atoms with Crippen molar-refractivity contribution in [1.82, 2.24) is 4.98 Å². The number of fused-ring (bicyclic) bond motifs is 3. The fourth-order valence-electron chi connectivity index (χ4n) is 3.38. The van der Waals surface area contributed by atoms with Gasteiger partial charge in [0, 0.05) is 23.5 Å². The molecular weight excluding hydrogens is 315 g/mol. The number of benzene rings is 2. The summed E-state index contributed by atoms with van der Waals surface area (Å²) in [5.41, 5.74) is -1.05. The standard InChI is InChI=1S/C19H12F3NO/c20-19(21,22)18(24)15-6-2-1-4-14(15)17-13(5-3-7-16(17)18)12-8-10-23-11-9-12/h1-11,24H. The van der Waals surface area contributed by atoms with Gasteiger partial charge in [0.05, 0.1) is 0 Å². The zero-order valence-corrected chi connectivity index (χ0v) is 12.4. The number of aromatic nitrogens is 1. The van der Waals surface area contributed by atoms with Gasteiger partial charge in [-0.2, -0.15) is 13.2 Å². The molecule has 5 heteroatoms. The molecular formula is C19H12F3NO. The Morgan fingerprint density at radius 1 is 0.792 bits per heavy atom. The highest BCUT2D eigenvalue weighted by atomic mass is 19.4. The maximum Gasteiger partial charge on any atom is 0.425 e. The number of nitrogens with zero attached hydrogens (tertiary/aromatic N) is 1. The Kier molecular flexibility index (Phi) is 3.05. The highest BCUT2D eigenvalue weighted by Gasteiger charge is 2.61. The van der Waals surface area contributed by atoms with Gasteiger partial charge in [0.1, 0.15) is 0 Å². The first-order chi connectivity index (χ1) is 11.4. The molecule has 0 radical (unpaired) electrons.